The molecule has 1 N–H and O–H groups in total. The number of piperazine rings is 1. The maximum atomic E-state index is 12.4. The fourth-order valence-electron chi connectivity index (χ4n) is 2.63. The van der Waals surface area contributed by atoms with E-state index in [1.165, 1.54) is 0 Å². The molecule has 0 radical (unpaired) electrons. The van der Waals surface area contributed by atoms with Gasteiger partial charge in [0.15, 0.2) is 0 Å². The highest BCUT2D eigenvalue weighted by Crippen LogP contribution is 2.24. The fraction of sp³-hybridized carbons (Fsp3) is 0.857. The second-order valence-corrected chi connectivity index (χ2v) is 6.64. The van der Waals surface area contributed by atoms with Crippen molar-refractivity contribution in [2.75, 3.05) is 26.3 Å². The Labute approximate surface area is 114 Å². The molecule has 5 nitrogen and oxygen atoms in total. The number of nitrogens with one attached hydrogen (secondary N) is 1. The summed E-state index contributed by atoms with van der Waals surface area (Å²) in [6.07, 6.45) is 1.99. The summed E-state index contributed by atoms with van der Waals surface area (Å²) < 4.78 is 5.34. The van der Waals surface area contributed by atoms with Crippen molar-refractivity contribution in [2.45, 2.75) is 39.7 Å². The van der Waals surface area contributed by atoms with Crippen molar-refractivity contribution in [1.29, 1.82) is 0 Å². The first-order valence-corrected chi connectivity index (χ1v) is 7.04. The van der Waals surface area contributed by atoms with Crippen LogP contribution in [0.15, 0.2) is 0 Å². The second-order valence-electron chi connectivity index (χ2n) is 6.64. The van der Waals surface area contributed by atoms with Gasteiger partial charge in [-0.15, -0.1) is 0 Å². The van der Waals surface area contributed by atoms with Crippen molar-refractivity contribution in [3.8, 4) is 0 Å². The summed E-state index contributed by atoms with van der Waals surface area (Å²) >= 11 is 0. The Morgan fingerprint density at radius 3 is 2.68 bits per heavy atom. The monoisotopic (exact) mass is 268 g/mol. The number of rotatable bonds is 3. The minimum atomic E-state index is -0.409. The summed E-state index contributed by atoms with van der Waals surface area (Å²) in [5, 5.41) is 2.81. The number of carbonyl (C=O) groups excluding carboxylic acids is 2. The standard InChI is InChI=1S/C14H24N2O3/c1-14(2,3)12-13(18)16(8-11(17)15-12)6-4-10-5-7-19-9-10/h10,12H,4-9H2,1-3H3,(H,15,17). The van der Waals surface area contributed by atoms with Gasteiger partial charge in [-0.1, -0.05) is 20.8 Å². The summed E-state index contributed by atoms with van der Waals surface area (Å²) in [5.41, 5.74) is -0.248. The molecule has 0 aromatic carbocycles. The lowest BCUT2D eigenvalue weighted by atomic mass is 9.84. The number of amides is 2. The van der Waals surface area contributed by atoms with Gasteiger partial charge in [0.1, 0.15) is 6.04 Å². The largest absolute Gasteiger partial charge is 0.381 e. The molecule has 0 aromatic heterocycles. The Hall–Kier alpha value is -1.10. The van der Waals surface area contributed by atoms with Crippen molar-refractivity contribution in [1.82, 2.24) is 10.2 Å². The molecule has 2 saturated heterocycles. The number of carbonyl (C=O) groups is 2. The highest BCUT2D eigenvalue weighted by atomic mass is 16.5. The Kier molecular flexibility index (Phi) is 4.13. The van der Waals surface area contributed by atoms with Gasteiger partial charge < -0.3 is 15.0 Å². The van der Waals surface area contributed by atoms with Crippen LogP contribution < -0.4 is 5.32 Å². The average Bonchev–Trinajstić information content (AvgIpc) is 2.81. The first-order valence-electron chi connectivity index (χ1n) is 7.04. The van der Waals surface area contributed by atoms with Crippen LogP contribution in [0.5, 0.6) is 0 Å². The number of hydrogen-bond donors (Lipinski definition) is 1. The van der Waals surface area contributed by atoms with Gasteiger partial charge in [-0.05, 0) is 24.2 Å². The van der Waals surface area contributed by atoms with Crippen LogP contribution in [0.1, 0.15) is 33.6 Å². The van der Waals surface area contributed by atoms with Crippen molar-refractivity contribution >= 4 is 11.8 Å². The van der Waals surface area contributed by atoms with E-state index >= 15 is 0 Å². The van der Waals surface area contributed by atoms with E-state index in [0.29, 0.717) is 12.5 Å². The lowest BCUT2D eigenvalue weighted by Gasteiger charge is -2.39. The predicted octanol–water partition coefficient (Wildman–Crippen LogP) is 0.786. The van der Waals surface area contributed by atoms with E-state index in [9.17, 15) is 9.59 Å². The first-order chi connectivity index (χ1) is 8.88. The van der Waals surface area contributed by atoms with Gasteiger partial charge in [0.05, 0.1) is 6.54 Å². The van der Waals surface area contributed by atoms with Gasteiger partial charge in [-0.25, -0.2) is 0 Å². The van der Waals surface area contributed by atoms with Gasteiger partial charge >= 0.3 is 0 Å². The van der Waals surface area contributed by atoms with Crippen LogP contribution in [-0.4, -0.2) is 49.1 Å². The molecule has 108 valence electrons. The molecule has 0 bridgehead atoms. The molecule has 2 aliphatic rings. The summed E-state index contributed by atoms with van der Waals surface area (Å²) in [6.45, 7) is 8.39. The zero-order valence-electron chi connectivity index (χ0n) is 12.1. The van der Waals surface area contributed by atoms with Gasteiger partial charge in [-0.2, -0.15) is 0 Å². The maximum Gasteiger partial charge on any atom is 0.246 e. The molecule has 2 unspecified atom stereocenters. The third-order valence-corrected chi connectivity index (χ3v) is 3.90. The minimum absolute atomic E-state index is 0.0472. The lowest BCUT2D eigenvalue weighted by molar-refractivity contribution is -0.147. The molecule has 2 aliphatic heterocycles. The molecule has 2 atom stereocenters. The molecule has 2 fully saturated rings. The Balaban J connectivity index is 1.95. The summed E-state index contributed by atoms with van der Waals surface area (Å²) in [6, 6.07) is -0.409. The molecule has 19 heavy (non-hydrogen) atoms. The zero-order chi connectivity index (χ0) is 14.0. The number of hydrogen-bond acceptors (Lipinski definition) is 3. The van der Waals surface area contributed by atoms with Gasteiger partial charge in [0.25, 0.3) is 0 Å². The van der Waals surface area contributed by atoms with Crippen molar-refractivity contribution in [3.05, 3.63) is 0 Å². The second kappa shape index (κ2) is 5.49. The van der Waals surface area contributed by atoms with Crippen molar-refractivity contribution < 1.29 is 14.3 Å². The van der Waals surface area contributed by atoms with Crippen molar-refractivity contribution in [2.24, 2.45) is 11.3 Å². The molecule has 0 saturated carbocycles. The van der Waals surface area contributed by atoms with E-state index in [2.05, 4.69) is 5.32 Å². The number of ether oxygens (including phenoxy) is 1. The summed E-state index contributed by atoms with van der Waals surface area (Å²) in [5.74, 6) is 0.527. The fourth-order valence-corrected chi connectivity index (χ4v) is 2.63. The SMILES string of the molecule is CC(C)(C)C1NC(=O)CN(CCC2CCOC2)C1=O. The van der Waals surface area contributed by atoms with Gasteiger partial charge in [0.2, 0.25) is 11.8 Å². The molecule has 0 spiro atoms. The predicted molar refractivity (Wildman–Crippen MR) is 71.5 cm³/mol. The third kappa shape index (κ3) is 3.47. The minimum Gasteiger partial charge on any atom is -0.381 e. The molecule has 5 heteroatoms. The zero-order valence-corrected chi connectivity index (χ0v) is 12.1. The Morgan fingerprint density at radius 1 is 1.37 bits per heavy atom. The Bertz CT molecular complexity index is 356. The first kappa shape index (κ1) is 14.3. The summed E-state index contributed by atoms with van der Waals surface area (Å²) in [4.78, 5) is 25.8. The molecule has 2 rings (SSSR count). The average molecular weight is 268 g/mol. The van der Waals surface area contributed by atoms with Crippen LogP contribution in [0.25, 0.3) is 0 Å². The normalized spacial score (nSPS) is 28.7. The smallest absolute Gasteiger partial charge is 0.246 e. The van der Waals surface area contributed by atoms with Crippen LogP contribution in [0.4, 0.5) is 0 Å². The molecule has 0 aromatic rings. The molecular weight excluding hydrogens is 244 g/mol. The number of nitrogens with zero attached hydrogens (tertiary/aromatic N) is 1. The molecular formula is C14H24N2O3. The molecule has 2 amide bonds. The van der Waals surface area contributed by atoms with E-state index in [-0.39, 0.29) is 23.8 Å². The van der Waals surface area contributed by atoms with E-state index in [4.69, 9.17) is 4.74 Å². The van der Waals surface area contributed by atoms with E-state index in [1.807, 2.05) is 20.8 Å². The topological polar surface area (TPSA) is 58.6 Å². The lowest BCUT2D eigenvalue weighted by Crippen LogP contribution is -2.62. The Morgan fingerprint density at radius 2 is 2.11 bits per heavy atom. The third-order valence-electron chi connectivity index (χ3n) is 3.90. The highest BCUT2D eigenvalue weighted by molar-refractivity contribution is 5.95. The van der Waals surface area contributed by atoms with E-state index in [0.717, 1.165) is 26.1 Å². The van der Waals surface area contributed by atoms with Crippen LogP contribution in [-0.2, 0) is 14.3 Å². The summed E-state index contributed by atoms with van der Waals surface area (Å²) in [7, 11) is 0. The van der Waals surface area contributed by atoms with Gasteiger partial charge in [0, 0.05) is 19.8 Å². The van der Waals surface area contributed by atoms with Crippen molar-refractivity contribution in [3.63, 3.8) is 0 Å². The van der Waals surface area contributed by atoms with Crippen LogP contribution >= 0.6 is 0 Å². The van der Waals surface area contributed by atoms with Crippen LogP contribution in [0.2, 0.25) is 0 Å². The van der Waals surface area contributed by atoms with E-state index in [1.54, 1.807) is 4.90 Å². The van der Waals surface area contributed by atoms with Crippen LogP contribution in [0, 0.1) is 11.3 Å². The maximum absolute atomic E-state index is 12.4. The molecule has 2 heterocycles. The van der Waals surface area contributed by atoms with E-state index < -0.39 is 6.04 Å². The molecule has 0 aliphatic carbocycles. The highest BCUT2D eigenvalue weighted by Gasteiger charge is 2.39. The van der Waals surface area contributed by atoms with Gasteiger partial charge in [-0.3, -0.25) is 9.59 Å². The quantitative estimate of drug-likeness (QED) is 0.823. The van der Waals surface area contributed by atoms with Crippen LogP contribution in [0.3, 0.4) is 0 Å².